The van der Waals surface area contributed by atoms with E-state index >= 15 is 0 Å². The third-order valence-electron chi connectivity index (χ3n) is 5.94. The van der Waals surface area contributed by atoms with Gasteiger partial charge in [-0.3, -0.25) is 4.79 Å². The van der Waals surface area contributed by atoms with Crippen LogP contribution in [-0.4, -0.2) is 46.7 Å². The van der Waals surface area contributed by atoms with E-state index in [1.807, 2.05) is 17.0 Å². The lowest BCUT2D eigenvalue weighted by atomic mass is 9.80. The van der Waals surface area contributed by atoms with E-state index in [0.717, 1.165) is 12.8 Å². The molecule has 2 aliphatic heterocycles. The lowest BCUT2D eigenvalue weighted by Crippen LogP contribution is -2.52. The number of piperidine rings is 1. The maximum Gasteiger partial charge on any atom is 0.254 e. The summed E-state index contributed by atoms with van der Waals surface area (Å²) in [6.07, 6.45) is 6.09. The molecule has 2 saturated heterocycles. The number of rotatable bonds is 6. The first-order valence-corrected chi connectivity index (χ1v) is 9.94. The third kappa shape index (κ3) is 3.60. The SMILES string of the molecule is C=CCOc1ccc(C(=O)N2[C@@H]3CC[C@@H]2CC(O)(c2cccnc2OC)C3)cc1. The molecule has 2 atom stereocenters. The van der Waals surface area contributed by atoms with Crippen LogP contribution in [0.2, 0.25) is 0 Å². The molecule has 1 aromatic heterocycles. The molecule has 3 heterocycles. The van der Waals surface area contributed by atoms with Gasteiger partial charge in [-0.15, -0.1) is 0 Å². The average Bonchev–Trinajstić information content (AvgIpc) is 3.03. The van der Waals surface area contributed by atoms with Gasteiger partial charge in [0.2, 0.25) is 5.88 Å². The molecule has 1 N–H and O–H groups in total. The second kappa shape index (κ2) is 7.87. The number of hydrogen-bond donors (Lipinski definition) is 1. The summed E-state index contributed by atoms with van der Waals surface area (Å²) in [5, 5.41) is 11.4. The van der Waals surface area contributed by atoms with Gasteiger partial charge in [0.25, 0.3) is 5.91 Å². The van der Waals surface area contributed by atoms with Gasteiger partial charge in [0.15, 0.2) is 0 Å². The first-order chi connectivity index (χ1) is 14.1. The van der Waals surface area contributed by atoms with Crippen molar-refractivity contribution in [2.24, 2.45) is 0 Å². The lowest BCUT2D eigenvalue weighted by molar-refractivity contribution is -0.0494. The number of aromatic nitrogens is 1. The first-order valence-electron chi connectivity index (χ1n) is 9.94. The fourth-order valence-corrected chi connectivity index (χ4v) is 4.68. The number of nitrogens with zero attached hydrogens (tertiary/aromatic N) is 2. The summed E-state index contributed by atoms with van der Waals surface area (Å²) in [6.45, 7) is 4.06. The molecule has 2 bridgehead atoms. The normalized spacial score (nSPS) is 25.5. The summed E-state index contributed by atoms with van der Waals surface area (Å²) in [5.74, 6) is 1.17. The summed E-state index contributed by atoms with van der Waals surface area (Å²) >= 11 is 0. The summed E-state index contributed by atoms with van der Waals surface area (Å²) in [7, 11) is 1.56. The topological polar surface area (TPSA) is 71.9 Å². The van der Waals surface area contributed by atoms with Crippen LogP contribution >= 0.6 is 0 Å². The highest BCUT2D eigenvalue weighted by Crippen LogP contribution is 2.47. The molecular formula is C23H26N2O4. The second-order valence-corrected chi connectivity index (χ2v) is 7.72. The molecule has 152 valence electrons. The van der Waals surface area contributed by atoms with Crippen LogP contribution in [0.5, 0.6) is 11.6 Å². The second-order valence-electron chi connectivity index (χ2n) is 7.72. The van der Waals surface area contributed by atoms with E-state index in [0.29, 0.717) is 42.2 Å². The minimum Gasteiger partial charge on any atom is -0.490 e. The molecule has 6 nitrogen and oxygen atoms in total. The minimum atomic E-state index is -1.04. The van der Waals surface area contributed by atoms with Crippen LogP contribution in [0.15, 0.2) is 55.3 Å². The predicted molar refractivity (Wildman–Crippen MR) is 109 cm³/mol. The quantitative estimate of drug-likeness (QED) is 0.761. The van der Waals surface area contributed by atoms with E-state index in [1.165, 1.54) is 0 Å². The first kappa shape index (κ1) is 19.5. The monoisotopic (exact) mass is 394 g/mol. The zero-order chi connectivity index (χ0) is 20.4. The van der Waals surface area contributed by atoms with Crippen LogP contribution in [-0.2, 0) is 5.60 Å². The molecule has 0 aliphatic carbocycles. The Morgan fingerprint density at radius 2 is 1.97 bits per heavy atom. The van der Waals surface area contributed by atoms with E-state index in [-0.39, 0.29) is 18.0 Å². The summed E-state index contributed by atoms with van der Waals surface area (Å²) in [6, 6.07) is 10.9. The van der Waals surface area contributed by atoms with Crippen molar-refractivity contribution in [2.45, 2.75) is 43.4 Å². The van der Waals surface area contributed by atoms with Crippen molar-refractivity contribution in [3.63, 3.8) is 0 Å². The molecule has 1 amide bonds. The molecule has 29 heavy (non-hydrogen) atoms. The Morgan fingerprint density at radius 1 is 1.28 bits per heavy atom. The fraction of sp³-hybridized carbons (Fsp3) is 0.391. The van der Waals surface area contributed by atoms with E-state index in [2.05, 4.69) is 11.6 Å². The zero-order valence-corrected chi connectivity index (χ0v) is 16.6. The van der Waals surface area contributed by atoms with Crippen LogP contribution in [0.1, 0.15) is 41.6 Å². The van der Waals surface area contributed by atoms with E-state index in [1.54, 1.807) is 43.6 Å². The number of pyridine rings is 1. The van der Waals surface area contributed by atoms with Gasteiger partial charge in [0.1, 0.15) is 12.4 Å². The number of aliphatic hydroxyl groups is 1. The summed E-state index contributed by atoms with van der Waals surface area (Å²) < 4.78 is 10.9. The average molecular weight is 394 g/mol. The van der Waals surface area contributed by atoms with Gasteiger partial charge in [-0.2, -0.15) is 0 Å². The van der Waals surface area contributed by atoms with E-state index < -0.39 is 5.60 Å². The Labute approximate surface area is 170 Å². The number of carbonyl (C=O) groups is 1. The molecule has 1 aromatic carbocycles. The molecular weight excluding hydrogens is 368 g/mol. The molecule has 6 heteroatoms. The van der Waals surface area contributed by atoms with Gasteiger partial charge in [0, 0.05) is 42.2 Å². The number of ether oxygens (including phenoxy) is 2. The highest BCUT2D eigenvalue weighted by Gasteiger charge is 2.51. The van der Waals surface area contributed by atoms with Crippen LogP contribution < -0.4 is 9.47 Å². The smallest absolute Gasteiger partial charge is 0.254 e. The van der Waals surface area contributed by atoms with Crippen LogP contribution in [0.25, 0.3) is 0 Å². The number of amides is 1. The van der Waals surface area contributed by atoms with Gasteiger partial charge in [-0.05, 0) is 49.2 Å². The van der Waals surface area contributed by atoms with Crippen LogP contribution in [0, 0.1) is 0 Å². The van der Waals surface area contributed by atoms with Crippen molar-refractivity contribution in [3.05, 3.63) is 66.4 Å². The number of carbonyl (C=O) groups excluding carboxylic acids is 1. The molecule has 4 rings (SSSR count). The van der Waals surface area contributed by atoms with Crippen molar-refractivity contribution in [1.82, 2.24) is 9.88 Å². The molecule has 2 aliphatic rings. The van der Waals surface area contributed by atoms with Crippen molar-refractivity contribution < 1.29 is 19.4 Å². The highest BCUT2D eigenvalue weighted by atomic mass is 16.5. The molecule has 0 radical (unpaired) electrons. The van der Waals surface area contributed by atoms with Gasteiger partial charge >= 0.3 is 0 Å². The Morgan fingerprint density at radius 3 is 2.59 bits per heavy atom. The Kier molecular flexibility index (Phi) is 5.28. The molecule has 2 aromatic rings. The van der Waals surface area contributed by atoms with Gasteiger partial charge in [0.05, 0.1) is 12.7 Å². The van der Waals surface area contributed by atoms with Crippen molar-refractivity contribution >= 4 is 5.91 Å². The lowest BCUT2D eigenvalue weighted by Gasteiger charge is -2.44. The zero-order valence-electron chi connectivity index (χ0n) is 16.6. The Hall–Kier alpha value is -2.86. The number of benzene rings is 1. The maximum atomic E-state index is 13.2. The maximum absolute atomic E-state index is 13.2. The summed E-state index contributed by atoms with van der Waals surface area (Å²) in [4.78, 5) is 19.4. The predicted octanol–water partition coefficient (Wildman–Crippen LogP) is 3.31. The third-order valence-corrected chi connectivity index (χ3v) is 5.94. The van der Waals surface area contributed by atoms with Crippen LogP contribution in [0.4, 0.5) is 0 Å². The van der Waals surface area contributed by atoms with Crippen molar-refractivity contribution in [2.75, 3.05) is 13.7 Å². The molecule has 0 spiro atoms. The largest absolute Gasteiger partial charge is 0.490 e. The van der Waals surface area contributed by atoms with E-state index in [4.69, 9.17) is 9.47 Å². The van der Waals surface area contributed by atoms with Gasteiger partial charge in [-0.1, -0.05) is 12.7 Å². The van der Waals surface area contributed by atoms with Crippen LogP contribution in [0.3, 0.4) is 0 Å². The minimum absolute atomic E-state index is 0.00662. The van der Waals surface area contributed by atoms with Gasteiger partial charge in [-0.25, -0.2) is 4.98 Å². The number of fused-ring (bicyclic) bond motifs is 2. The molecule has 0 unspecified atom stereocenters. The van der Waals surface area contributed by atoms with Crippen molar-refractivity contribution in [1.29, 1.82) is 0 Å². The van der Waals surface area contributed by atoms with Gasteiger partial charge < -0.3 is 19.5 Å². The number of methoxy groups -OCH3 is 1. The van der Waals surface area contributed by atoms with Crippen molar-refractivity contribution in [3.8, 4) is 11.6 Å². The molecule has 0 saturated carbocycles. The van der Waals surface area contributed by atoms with E-state index in [9.17, 15) is 9.90 Å². The standard InChI is InChI=1S/C23H26N2O4/c1-3-13-29-19-10-6-16(7-11-19)22(26)25-17-8-9-18(25)15-23(27,14-17)20-5-4-12-24-21(20)28-2/h3-7,10-12,17-18,27H,1,8-9,13-15H2,2H3/t17-,18-/m1/s1. The number of hydrogen-bond acceptors (Lipinski definition) is 5. The Balaban J connectivity index is 1.53. The highest BCUT2D eigenvalue weighted by molar-refractivity contribution is 5.95. The fourth-order valence-electron chi connectivity index (χ4n) is 4.68. The Bertz CT molecular complexity index is 882. The summed E-state index contributed by atoms with van der Waals surface area (Å²) in [5.41, 5.74) is 0.303. The molecule has 2 fully saturated rings.